The summed E-state index contributed by atoms with van der Waals surface area (Å²) in [6.45, 7) is 4.41. The Balaban J connectivity index is 1.58. The van der Waals surface area contributed by atoms with Crippen molar-refractivity contribution >= 4 is 23.7 Å². The Bertz CT molecular complexity index is 643. The third-order valence-electron chi connectivity index (χ3n) is 4.78. The number of aryl methyl sites for hydroxylation is 1. The van der Waals surface area contributed by atoms with Gasteiger partial charge in [-0.2, -0.15) is 0 Å². The number of halogens is 1. The Morgan fingerprint density at radius 2 is 2.08 bits per heavy atom. The number of carbonyl (C=O) groups is 2. The van der Waals surface area contributed by atoms with E-state index in [-0.39, 0.29) is 12.6 Å². The molecular weight excluding hydrogens is 332 g/mol. The number of amides is 1. The first kappa shape index (κ1) is 17.0. The van der Waals surface area contributed by atoms with Gasteiger partial charge in [0.05, 0.1) is 0 Å². The molecule has 0 radical (unpaired) electrons. The summed E-state index contributed by atoms with van der Waals surface area (Å²) in [5.41, 5.74) is 2.27. The van der Waals surface area contributed by atoms with Gasteiger partial charge in [-0.25, -0.2) is 9.59 Å². The molecular formula is C17H21ClN2O4. The van der Waals surface area contributed by atoms with Crippen LogP contribution in [-0.2, 0) is 16.1 Å². The van der Waals surface area contributed by atoms with Crippen molar-refractivity contribution in [1.82, 2.24) is 9.80 Å². The molecule has 2 fully saturated rings. The summed E-state index contributed by atoms with van der Waals surface area (Å²) >= 11 is 6.06. The van der Waals surface area contributed by atoms with Crippen LogP contribution in [0.5, 0.6) is 0 Å². The minimum atomic E-state index is -1.00. The Hall–Kier alpha value is -1.79. The zero-order chi connectivity index (χ0) is 17.3. The topological polar surface area (TPSA) is 70.1 Å². The second-order valence-corrected chi connectivity index (χ2v) is 6.84. The number of piperidine rings is 1. The molecule has 6 nitrogen and oxygen atoms in total. The quantitative estimate of drug-likeness (QED) is 0.901. The number of carbonyl (C=O) groups excluding carboxylic acids is 1. The third kappa shape index (κ3) is 3.49. The Morgan fingerprint density at radius 3 is 2.71 bits per heavy atom. The highest BCUT2D eigenvalue weighted by molar-refractivity contribution is 6.31. The highest BCUT2D eigenvalue weighted by Gasteiger charge is 2.43. The summed E-state index contributed by atoms with van der Waals surface area (Å²) in [6.07, 6.45) is 1.01. The average molecular weight is 353 g/mol. The van der Waals surface area contributed by atoms with Crippen molar-refractivity contribution in [3.05, 3.63) is 34.3 Å². The van der Waals surface area contributed by atoms with E-state index in [1.807, 2.05) is 19.1 Å². The summed E-state index contributed by atoms with van der Waals surface area (Å²) in [4.78, 5) is 26.8. The highest BCUT2D eigenvalue weighted by Crippen LogP contribution is 2.25. The van der Waals surface area contributed by atoms with Crippen LogP contribution < -0.4 is 0 Å². The summed E-state index contributed by atoms with van der Waals surface area (Å²) < 4.78 is 4.92. The first-order valence-corrected chi connectivity index (χ1v) is 8.49. The summed E-state index contributed by atoms with van der Waals surface area (Å²) in [7, 11) is 0. The van der Waals surface area contributed by atoms with Crippen molar-refractivity contribution in [3.8, 4) is 0 Å². The van der Waals surface area contributed by atoms with E-state index < -0.39 is 18.1 Å². The maximum atomic E-state index is 11.8. The van der Waals surface area contributed by atoms with Gasteiger partial charge in [-0.05, 0) is 37.0 Å². The van der Waals surface area contributed by atoms with E-state index in [4.69, 9.17) is 16.3 Å². The lowest BCUT2D eigenvalue weighted by atomic mass is 10.0. The van der Waals surface area contributed by atoms with Crippen LogP contribution in [0.3, 0.4) is 0 Å². The smallest absolute Gasteiger partial charge is 0.410 e. The fraction of sp³-hybridized carbons (Fsp3) is 0.529. The van der Waals surface area contributed by atoms with Crippen LogP contribution >= 0.6 is 11.6 Å². The standard InChI is InChI=1S/C17H21ClN2O4/c1-11-8-12(2-3-14(11)18)9-19-6-4-13(5-7-19)20-15(16(21)22)10-24-17(20)23/h2-3,8,13,15H,4-7,9-10H2,1H3,(H,21,22)/t15-/m0/s1. The van der Waals surface area contributed by atoms with E-state index in [2.05, 4.69) is 11.0 Å². The number of carboxylic acids is 1. The molecule has 1 aromatic carbocycles. The van der Waals surface area contributed by atoms with Crippen molar-refractivity contribution in [2.75, 3.05) is 19.7 Å². The number of nitrogens with zero attached hydrogens (tertiary/aromatic N) is 2. The molecule has 0 unspecified atom stereocenters. The molecule has 1 amide bonds. The molecule has 1 atom stereocenters. The zero-order valence-electron chi connectivity index (χ0n) is 13.6. The molecule has 2 saturated heterocycles. The van der Waals surface area contributed by atoms with Crippen molar-refractivity contribution in [2.24, 2.45) is 0 Å². The van der Waals surface area contributed by atoms with Gasteiger partial charge in [-0.1, -0.05) is 23.7 Å². The normalized spacial score (nSPS) is 22.7. The van der Waals surface area contributed by atoms with E-state index in [9.17, 15) is 14.7 Å². The molecule has 7 heteroatoms. The van der Waals surface area contributed by atoms with Gasteiger partial charge in [0.2, 0.25) is 0 Å². The molecule has 0 saturated carbocycles. The number of cyclic esters (lactones) is 1. The predicted molar refractivity (Wildman–Crippen MR) is 89.1 cm³/mol. The third-order valence-corrected chi connectivity index (χ3v) is 5.20. The lowest BCUT2D eigenvalue weighted by Gasteiger charge is -2.37. The van der Waals surface area contributed by atoms with Crippen molar-refractivity contribution < 1.29 is 19.4 Å². The number of benzene rings is 1. The van der Waals surface area contributed by atoms with Gasteiger partial charge in [0.15, 0.2) is 6.04 Å². The monoisotopic (exact) mass is 352 g/mol. The van der Waals surface area contributed by atoms with Crippen LogP contribution in [0.1, 0.15) is 24.0 Å². The number of carboxylic acid groups (broad SMARTS) is 1. The predicted octanol–water partition coefficient (Wildman–Crippen LogP) is 2.52. The molecule has 0 aromatic heterocycles. The summed E-state index contributed by atoms with van der Waals surface area (Å²) in [5, 5.41) is 10.0. The molecule has 1 N–H and O–H groups in total. The molecule has 0 bridgehead atoms. The summed E-state index contributed by atoms with van der Waals surface area (Å²) in [5.74, 6) is -1.00. The minimum Gasteiger partial charge on any atom is -0.480 e. The van der Waals surface area contributed by atoms with E-state index in [0.717, 1.165) is 43.1 Å². The van der Waals surface area contributed by atoms with Gasteiger partial charge in [0, 0.05) is 30.7 Å². The molecule has 0 aliphatic carbocycles. The van der Waals surface area contributed by atoms with Crippen LogP contribution in [0.2, 0.25) is 5.02 Å². The van der Waals surface area contributed by atoms with Crippen LogP contribution in [0.4, 0.5) is 4.79 Å². The second-order valence-electron chi connectivity index (χ2n) is 6.43. The number of likely N-dealkylation sites (tertiary alicyclic amines) is 1. The van der Waals surface area contributed by atoms with Gasteiger partial charge in [-0.15, -0.1) is 0 Å². The van der Waals surface area contributed by atoms with Gasteiger partial charge >= 0.3 is 12.1 Å². The highest BCUT2D eigenvalue weighted by atomic mass is 35.5. The number of hydrogen-bond acceptors (Lipinski definition) is 4. The van der Waals surface area contributed by atoms with Crippen molar-refractivity contribution in [1.29, 1.82) is 0 Å². The Kier molecular flexibility index (Phi) is 4.96. The van der Waals surface area contributed by atoms with Crippen LogP contribution in [0.25, 0.3) is 0 Å². The number of ether oxygens (including phenoxy) is 1. The number of rotatable bonds is 4. The van der Waals surface area contributed by atoms with Crippen molar-refractivity contribution in [2.45, 2.75) is 38.4 Å². The molecule has 24 heavy (non-hydrogen) atoms. The fourth-order valence-corrected chi connectivity index (χ4v) is 3.56. The fourth-order valence-electron chi connectivity index (χ4n) is 3.45. The molecule has 3 rings (SSSR count). The second kappa shape index (κ2) is 6.99. The van der Waals surface area contributed by atoms with E-state index in [1.165, 1.54) is 10.5 Å². The molecule has 2 aliphatic heterocycles. The Morgan fingerprint density at radius 1 is 1.38 bits per heavy atom. The van der Waals surface area contributed by atoms with E-state index >= 15 is 0 Å². The van der Waals surface area contributed by atoms with Crippen LogP contribution in [-0.4, -0.2) is 58.7 Å². The molecule has 2 aliphatic rings. The van der Waals surface area contributed by atoms with Crippen molar-refractivity contribution in [3.63, 3.8) is 0 Å². The number of hydrogen-bond donors (Lipinski definition) is 1. The average Bonchev–Trinajstić information content (AvgIpc) is 2.94. The maximum absolute atomic E-state index is 11.8. The molecule has 1 aromatic rings. The van der Waals surface area contributed by atoms with E-state index in [1.54, 1.807) is 0 Å². The van der Waals surface area contributed by atoms with E-state index in [0.29, 0.717) is 0 Å². The lowest BCUT2D eigenvalue weighted by Crippen LogP contribution is -2.50. The van der Waals surface area contributed by atoms with Gasteiger partial charge in [0.1, 0.15) is 6.61 Å². The lowest BCUT2D eigenvalue weighted by molar-refractivity contribution is -0.142. The molecule has 130 valence electrons. The minimum absolute atomic E-state index is 0.0571. The van der Waals surface area contributed by atoms with Gasteiger partial charge in [0.25, 0.3) is 0 Å². The number of aliphatic carboxylic acids is 1. The van der Waals surface area contributed by atoms with Crippen LogP contribution in [0.15, 0.2) is 18.2 Å². The maximum Gasteiger partial charge on any atom is 0.410 e. The van der Waals surface area contributed by atoms with Gasteiger partial charge < -0.3 is 9.84 Å². The Labute approximate surface area is 145 Å². The van der Waals surface area contributed by atoms with Gasteiger partial charge in [-0.3, -0.25) is 9.80 Å². The first-order valence-electron chi connectivity index (χ1n) is 8.11. The largest absolute Gasteiger partial charge is 0.480 e. The summed E-state index contributed by atoms with van der Waals surface area (Å²) in [6, 6.07) is 5.11. The van der Waals surface area contributed by atoms with Crippen LogP contribution in [0, 0.1) is 6.92 Å². The molecule has 2 heterocycles. The zero-order valence-corrected chi connectivity index (χ0v) is 14.3. The SMILES string of the molecule is Cc1cc(CN2CCC(N3C(=O)OC[C@H]3C(=O)O)CC2)ccc1Cl. The first-order chi connectivity index (χ1) is 11.5. The molecule has 0 spiro atoms.